The van der Waals surface area contributed by atoms with Crippen molar-refractivity contribution < 1.29 is 9.15 Å². The van der Waals surface area contributed by atoms with Gasteiger partial charge in [0.15, 0.2) is 12.0 Å². The van der Waals surface area contributed by atoms with Gasteiger partial charge in [-0.15, -0.1) is 0 Å². The van der Waals surface area contributed by atoms with Gasteiger partial charge < -0.3 is 14.1 Å². The first kappa shape index (κ1) is 8.73. The quantitative estimate of drug-likeness (QED) is 0.708. The Hall–Kier alpha value is -1.55. The minimum absolute atomic E-state index is 0.786. The largest absolute Gasteiger partial charge is 0.443 e. The highest BCUT2D eigenvalue weighted by atomic mass is 16.5. The summed E-state index contributed by atoms with van der Waals surface area (Å²) in [5.74, 6) is 0. The number of rotatable bonds is 1. The van der Waals surface area contributed by atoms with Gasteiger partial charge in [0.1, 0.15) is 5.52 Å². The van der Waals surface area contributed by atoms with Gasteiger partial charge in [-0.1, -0.05) is 6.07 Å². The Bertz CT molecular complexity index is 460. The molecule has 1 aromatic heterocycles. The standard InChI is InChI=1S/C11H12N2O2/c1-2-9(13-4-6-14-7-5-13)11-10(3-1)15-8-12-11/h1-3,8H,4-7H2. The molecule has 1 aliphatic rings. The minimum atomic E-state index is 0.786. The van der Waals surface area contributed by atoms with E-state index in [-0.39, 0.29) is 0 Å². The molecule has 78 valence electrons. The van der Waals surface area contributed by atoms with Crippen LogP contribution in [0.2, 0.25) is 0 Å². The summed E-state index contributed by atoms with van der Waals surface area (Å²) in [7, 11) is 0. The lowest BCUT2D eigenvalue weighted by Gasteiger charge is -2.28. The van der Waals surface area contributed by atoms with Crippen molar-refractivity contribution in [3.05, 3.63) is 24.6 Å². The van der Waals surface area contributed by atoms with Crippen LogP contribution >= 0.6 is 0 Å². The Kier molecular flexibility index (Phi) is 2.07. The molecule has 0 amide bonds. The minimum Gasteiger partial charge on any atom is -0.443 e. The number of fused-ring (bicyclic) bond motifs is 1. The van der Waals surface area contributed by atoms with Crippen LogP contribution in [0.15, 0.2) is 29.0 Å². The molecule has 0 unspecified atom stereocenters. The number of hydrogen-bond donors (Lipinski definition) is 0. The van der Waals surface area contributed by atoms with Crippen LogP contribution in [0.3, 0.4) is 0 Å². The van der Waals surface area contributed by atoms with Gasteiger partial charge in [-0.25, -0.2) is 4.98 Å². The van der Waals surface area contributed by atoms with Crippen molar-refractivity contribution in [3.63, 3.8) is 0 Å². The second-order valence-corrected chi connectivity index (χ2v) is 3.58. The Morgan fingerprint density at radius 1 is 1.20 bits per heavy atom. The van der Waals surface area contributed by atoms with Gasteiger partial charge in [0.2, 0.25) is 0 Å². The number of ether oxygens (including phenoxy) is 1. The maximum Gasteiger partial charge on any atom is 0.182 e. The maximum absolute atomic E-state index is 5.33. The van der Waals surface area contributed by atoms with Crippen LogP contribution in [-0.4, -0.2) is 31.3 Å². The second kappa shape index (κ2) is 3.55. The van der Waals surface area contributed by atoms with Crippen LogP contribution < -0.4 is 4.90 Å². The Morgan fingerprint density at radius 3 is 2.93 bits per heavy atom. The first-order valence-corrected chi connectivity index (χ1v) is 5.10. The van der Waals surface area contributed by atoms with Crippen LogP contribution in [0.1, 0.15) is 0 Å². The molecule has 3 rings (SSSR count). The number of para-hydroxylation sites is 1. The highest BCUT2D eigenvalue weighted by Gasteiger charge is 2.15. The summed E-state index contributed by atoms with van der Waals surface area (Å²) in [4.78, 5) is 6.53. The van der Waals surface area contributed by atoms with E-state index in [0.717, 1.165) is 43.1 Å². The van der Waals surface area contributed by atoms with Crippen molar-refractivity contribution in [2.45, 2.75) is 0 Å². The van der Waals surface area contributed by atoms with Crippen LogP contribution in [0.5, 0.6) is 0 Å². The summed E-state index contributed by atoms with van der Waals surface area (Å²) in [6, 6.07) is 6.01. The van der Waals surface area contributed by atoms with E-state index in [0.29, 0.717) is 0 Å². The lowest BCUT2D eigenvalue weighted by atomic mass is 10.2. The fraction of sp³-hybridized carbons (Fsp3) is 0.364. The highest BCUT2D eigenvalue weighted by Crippen LogP contribution is 2.25. The highest BCUT2D eigenvalue weighted by molar-refractivity contribution is 5.87. The summed E-state index contributed by atoms with van der Waals surface area (Å²) in [6.45, 7) is 3.42. The predicted molar refractivity (Wildman–Crippen MR) is 57.0 cm³/mol. The normalized spacial score (nSPS) is 17.2. The molecule has 4 nitrogen and oxygen atoms in total. The van der Waals surface area contributed by atoms with Crippen molar-refractivity contribution >= 4 is 16.8 Å². The number of nitrogens with zero attached hydrogens (tertiary/aromatic N) is 2. The van der Waals surface area contributed by atoms with E-state index in [2.05, 4.69) is 16.0 Å². The average Bonchev–Trinajstić information content (AvgIpc) is 2.78. The molecule has 15 heavy (non-hydrogen) atoms. The Morgan fingerprint density at radius 2 is 2.07 bits per heavy atom. The molecule has 0 N–H and O–H groups in total. The molecule has 1 aromatic carbocycles. The zero-order valence-corrected chi connectivity index (χ0v) is 8.35. The monoisotopic (exact) mass is 204 g/mol. The zero-order valence-electron chi connectivity index (χ0n) is 8.35. The molecule has 4 heteroatoms. The van der Waals surface area contributed by atoms with Gasteiger partial charge >= 0.3 is 0 Å². The van der Waals surface area contributed by atoms with Gasteiger partial charge in [-0.3, -0.25) is 0 Å². The summed E-state index contributed by atoms with van der Waals surface area (Å²) >= 11 is 0. The Balaban J connectivity index is 2.05. The van der Waals surface area contributed by atoms with Gasteiger partial charge in [0, 0.05) is 13.1 Å². The van der Waals surface area contributed by atoms with Crippen LogP contribution in [0.4, 0.5) is 5.69 Å². The van der Waals surface area contributed by atoms with Crippen molar-refractivity contribution in [3.8, 4) is 0 Å². The van der Waals surface area contributed by atoms with Crippen LogP contribution in [0, 0.1) is 0 Å². The smallest absolute Gasteiger partial charge is 0.182 e. The molecular weight excluding hydrogens is 192 g/mol. The van der Waals surface area contributed by atoms with Gasteiger partial charge in [0.25, 0.3) is 0 Å². The number of oxazole rings is 1. The molecule has 1 aliphatic heterocycles. The molecule has 0 aliphatic carbocycles. The summed E-state index contributed by atoms with van der Waals surface area (Å²) in [5, 5.41) is 0. The topological polar surface area (TPSA) is 38.5 Å². The van der Waals surface area contributed by atoms with Gasteiger partial charge in [0.05, 0.1) is 18.9 Å². The second-order valence-electron chi connectivity index (χ2n) is 3.58. The summed E-state index contributed by atoms with van der Waals surface area (Å²) in [6.07, 6.45) is 1.49. The predicted octanol–water partition coefficient (Wildman–Crippen LogP) is 1.66. The van der Waals surface area contributed by atoms with E-state index in [1.54, 1.807) is 0 Å². The van der Waals surface area contributed by atoms with E-state index in [1.165, 1.54) is 6.39 Å². The molecule has 0 saturated carbocycles. The van der Waals surface area contributed by atoms with Gasteiger partial charge in [-0.2, -0.15) is 0 Å². The van der Waals surface area contributed by atoms with Crippen molar-refractivity contribution in [2.75, 3.05) is 31.2 Å². The zero-order chi connectivity index (χ0) is 10.1. The molecule has 1 saturated heterocycles. The van der Waals surface area contributed by atoms with Crippen LogP contribution in [0.25, 0.3) is 11.1 Å². The number of benzene rings is 1. The van der Waals surface area contributed by atoms with Gasteiger partial charge in [-0.05, 0) is 12.1 Å². The molecule has 2 heterocycles. The number of morpholine rings is 1. The lowest BCUT2D eigenvalue weighted by Crippen LogP contribution is -2.36. The first-order chi connectivity index (χ1) is 7.45. The average molecular weight is 204 g/mol. The van der Waals surface area contributed by atoms with Crippen molar-refractivity contribution in [1.29, 1.82) is 0 Å². The van der Waals surface area contributed by atoms with Crippen molar-refractivity contribution in [1.82, 2.24) is 4.98 Å². The third-order valence-corrected chi connectivity index (χ3v) is 2.69. The molecular formula is C11H12N2O2. The number of hydrogen-bond acceptors (Lipinski definition) is 4. The SMILES string of the molecule is c1cc(N2CCOCC2)c2ncoc2c1. The Labute approximate surface area is 87.5 Å². The molecule has 2 aromatic rings. The van der Waals surface area contributed by atoms with E-state index in [9.17, 15) is 0 Å². The fourth-order valence-electron chi connectivity index (χ4n) is 1.93. The number of aromatic nitrogens is 1. The first-order valence-electron chi connectivity index (χ1n) is 5.10. The molecule has 0 atom stereocenters. The molecule has 0 spiro atoms. The molecule has 0 radical (unpaired) electrons. The van der Waals surface area contributed by atoms with E-state index in [1.807, 2.05) is 12.1 Å². The van der Waals surface area contributed by atoms with Crippen molar-refractivity contribution in [2.24, 2.45) is 0 Å². The third kappa shape index (κ3) is 1.47. The molecule has 0 bridgehead atoms. The van der Waals surface area contributed by atoms with E-state index < -0.39 is 0 Å². The number of anilines is 1. The third-order valence-electron chi connectivity index (χ3n) is 2.69. The molecule has 1 fully saturated rings. The maximum atomic E-state index is 5.33. The van der Waals surface area contributed by atoms with E-state index in [4.69, 9.17) is 9.15 Å². The fourth-order valence-corrected chi connectivity index (χ4v) is 1.93. The lowest BCUT2D eigenvalue weighted by molar-refractivity contribution is 0.123. The summed E-state index contributed by atoms with van der Waals surface area (Å²) < 4.78 is 10.6. The van der Waals surface area contributed by atoms with Crippen LogP contribution in [-0.2, 0) is 4.74 Å². The summed E-state index contributed by atoms with van der Waals surface area (Å²) in [5.41, 5.74) is 2.93. The van der Waals surface area contributed by atoms with E-state index >= 15 is 0 Å².